The second kappa shape index (κ2) is 8.18. The van der Waals surface area contributed by atoms with Gasteiger partial charge in [-0.15, -0.1) is 0 Å². The zero-order valence-corrected chi connectivity index (χ0v) is 13.1. The number of hydrogen-bond donors (Lipinski definition) is 2. The van der Waals surface area contributed by atoms with Gasteiger partial charge in [0.1, 0.15) is 0 Å². The van der Waals surface area contributed by atoms with Crippen molar-refractivity contribution in [2.45, 2.75) is 45.4 Å². The Kier molecular flexibility index (Phi) is 6.24. The predicted octanol–water partition coefficient (Wildman–Crippen LogP) is 3.13. The summed E-state index contributed by atoms with van der Waals surface area (Å²) in [6.07, 6.45) is 7.20. The highest BCUT2D eigenvalue weighted by Crippen LogP contribution is 2.30. The molecule has 1 aromatic carbocycles. The summed E-state index contributed by atoms with van der Waals surface area (Å²) in [5.41, 5.74) is 7.45. The van der Waals surface area contributed by atoms with E-state index in [1.807, 2.05) is 24.3 Å². The lowest BCUT2D eigenvalue weighted by Gasteiger charge is -2.27. The fraction of sp³-hybridized carbons (Fsp3) is 0.611. The van der Waals surface area contributed by atoms with Crippen molar-refractivity contribution >= 4 is 5.91 Å². The van der Waals surface area contributed by atoms with Crippen LogP contribution in [0.2, 0.25) is 0 Å². The molecule has 1 aliphatic carbocycles. The Hall–Kier alpha value is -1.35. The molecule has 0 saturated heterocycles. The molecule has 3 heteroatoms. The van der Waals surface area contributed by atoms with Gasteiger partial charge in [-0.05, 0) is 49.3 Å². The van der Waals surface area contributed by atoms with Crippen LogP contribution in [0.4, 0.5) is 0 Å². The van der Waals surface area contributed by atoms with Crippen LogP contribution >= 0.6 is 0 Å². The average molecular weight is 288 g/mol. The molecule has 0 radical (unpaired) electrons. The van der Waals surface area contributed by atoms with Gasteiger partial charge < -0.3 is 11.1 Å². The first kappa shape index (κ1) is 16.0. The molecule has 0 aliphatic heterocycles. The standard InChI is InChI=1S/C18H28N2O/c1-2-14-7-9-15(10-8-14)13-20-18(21)17-6-4-3-5-16(17)11-12-19/h3-6,14-15H,2,7-13,19H2,1H3,(H,20,21). The van der Waals surface area contributed by atoms with Crippen LogP contribution < -0.4 is 11.1 Å². The molecule has 0 unspecified atom stereocenters. The van der Waals surface area contributed by atoms with Crippen molar-refractivity contribution in [3.8, 4) is 0 Å². The number of hydrogen-bond acceptors (Lipinski definition) is 2. The van der Waals surface area contributed by atoms with Gasteiger partial charge in [0.2, 0.25) is 0 Å². The van der Waals surface area contributed by atoms with E-state index in [1.165, 1.54) is 32.1 Å². The summed E-state index contributed by atoms with van der Waals surface area (Å²) in [5.74, 6) is 1.61. The van der Waals surface area contributed by atoms with Gasteiger partial charge in [-0.2, -0.15) is 0 Å². The summed E-state index contributed by atoms with van der Waals surface area (Å²) in [4.78, 5) is 12.4. The van der Waals surface area contributed by atoms with Gasteiger partial charge in [0.15, 0.2) is 0 Å². The van der Waals surface area contributed by atoms with Gasteiger partial charge in [-0.1, -0.05) is 44.4 Å². The molecule has 0 atom stereocenters. The van der Waals surface area contributed by atoms with Crippen LogP contribution in [0.5, 0.6) is 0 Å². The molecule has 1 saturated carbocycles. The van der Waals surface area contributed by atoms with Crippen molar-refractivity contribution < 1.29 is 4.79 Å². The Bertz CT molecular complexity index is 450. The molecule has 0 heterocycles. The molecule has 1 fully saturated rings. The molecule has 3 N–H and O–H groups in total. The highest BCUT2D eigenvalue weighted by molar-refractivity contribution is 5.95. The Morgan fingerprint density at radius 2 is 1.86 bits per heavy atom. The molecule has 1 aromatic rings. The summed E-state index contributed by atoms with van der Waals surface area (Å²) in [7, 11) is 0. The Labute approximate surface area is 128 Å². The summed E-state index contributed by atoms with van der Waals surface area (Å²) < 4.78 is 0. The molecule has 3 nitrogen and oxygen atoms in total. The van der Waals surface area contributed by atoms with Crippen molar-refractivity contribution in [3.63, 3.8) is 0 Å². The van der Waals surface area contributed by atoms with Crippen molar-refractivity contribution in [2.24, 2.45) is 17.6 Å². The summed E-state index contributed by atoms with van der Waals surface area (Å²) in [6, 6.07) is 7.78. The third kappa shape index (κ3) is 4.57. The maximum atomic E-state index is 12.4. The number of carbonyl (C=O) groups is 1. The Morgan fingerprint density at radius 1 is 1.19 bits per heavy atom. The minimum absolute atomic E-state index is 0.0525. The van der Waals surface area contributed by atoms with Crippen molar-refractivity contribution in [2.75, 3.05) is 13.1 Å². The molecule has 116 valence electrons. The van der Waals surface area contributed by atoms with Gasteiger partial charge in [-0.3, -0.25) is 4.79 Å². The summed E-state index contributed by atoms with van der Waals surface area (Å²) in [5, 5.41) is 3.12. The molecule has 0 aromatic heterocycles. The molecule has 1 aliphatic rings. The van der Waals surface area contributed by atoms with Crippen LogP contribution in [-0.4, -0.2) is 19.0 Å². The molecule has 0 bridgehead atoms. The number of benzene rings is 1. The van der Waals surface area contributed by atoms with E-state index in [2.05, 4.69) is 12.2 Å². The third-order valence-corrected chi connectivity index (χ3v) is 4.77. The first-order chi connectivity index (χ1) is 10.2. The lowest BCUT2D eigenvalue weighted by atomic mass is 9.81. The normalized spacial score (nSPS) is 22.0. The molecular formula is C18H28N2O. The van der Waals surface area contributed by atoms with Gasteiger partial charge in [0.05, 0.1) is 0 Å². The zero-order valence-electron chi connectivity index (χ0n) is 13.1. The quantitative estimate of drug-likeness (QED) is 0.845. The van der Waals surface area contributed by atoms with E-state index in [-0.39, 0.29) is 5.91 Å². The number of nitrogens with two attached hydrogens (primary N) is 1. The number of carbonyl (C=O) groups excluding carboxylic acids is 1. The fourth-order valence-electron chi connectivity index (χ4n) is 3.29. The molecule has 21 heavy (non-hydrogen) atoms. The maximum Gasteiger partial charge on any atom is 0.251 e. The van der Waals surface area contributed by atoms with E-state index in [1.54, 1.807) is 0 Å². The number of rotatable bonds is 6. The van der Waals surface area contributed by atoms with Crippen LogP contribution in [0.25, 0.3) is 0 Å². The van der Waals surface area contributed by atoms with E-state index < -0.39 is 0 Å². The maximum absolute atomic E-state index is 12.4. The van der Waals surface area contributed by atoms with Gasteiger partial charge in [0, 0.05) is 12.1 Å². The van der Waals surface area contributed by atoms with E-state index >= 15 is 0 Å². The minimum atomic E-state index is 0.0525. The predicted molar refractivity (Wildman–Crippen MR) is 87.3 cm³/mol. The highest BCUT2D eigenvalue weighted by atomic mass is 16.1. The van der Waals surface area contributed by atoms with E-state index in [0.717, 1.165) is 30.0 Å². The van der Waals surface area contributed by atoms with Gasteiger partial charge in [-0.25, -0.2) is 0 Å². The average Bonchev–Trinajstić information content (AvgIpc) is 2.54. The number of nitrogens with one attached hydrogen (secondary N) is 1. The van der Waals surface area contributed by atoms with Crippen molar-refractivity contribution in [3.05, 3.63) is 35.4 Å². The SMILES string of the molecule is CCC1CCC(CNC(=O)c2ccccc2CCN)CC1. The second-order valence-corrected chi connectivity index (χ2v) is 6.20. The first-order valence-corrected chi connectivity index (χ1v) is 8.30. The smallest absolute Gasteiger partial charge is 0.251 e. The minimum Gasteiger partial charge on any atom is -0.352 e. The van der Waals surface area contributed by atoms with Gasteiger partial charge in [0.25, 0.3) is 5.91 Å². The first-order valence-electron chi connectivity index (χ1n) is 8.30. The largest absolute Gasteiger partial charge is 0.352 e. The Balaban J connectivity index is 1.85. The topological polar surface area (TPSA) is 55.1 Å². The lowest BCUT2D eigenvalue weighted by Crippen LogP contribution is -2.32. The highest BCUT2D eigenvalue weighted by Gasteiger charge is 2.20. The lowest BCUT2D eigenvalue weighted by molar-refractivity contribution is 0.0940. The zero-order chi connectivity index (χ0) is 15.1. The second-order valence-electron chi connectivity index (χ2n) is 6.20. The van der Waals surface area contributed by atoms with E-state index in [4.69, 9.17) is 5.73 Å². The fourth-order valence-corrected chi connectivity index (χ4v) is 3.29. The Morgan fingerprint density at radius 3 is 2.52 bits per heavy atom. The van der Waals surface area contributed by atoms with Crippen molar-refractivity contribution in [1.82, 2.24) is 5.32 Å². The van der Waals surface area contributed by atoms with E-state index in [9.17, 15) is 4.79 Å². The van der Waals surface area contributed by atoms with Crippen LogP contribution in [0.3, 0.4) is 0 Å². The third-order valence-electron chi connectivity index (χ3n) is 4.77. The summed E-state index contributed by atoms with van der Waals surface area (Å²) in [6.45, 7) is 3.67. The summed E-state index contributed by atoms with van der Waals surface area (Å²) >= 11 is 0. The molecule has 1 amide bonds. The van der Waals surface area contributed by atoms with Crippen LogP contribution in [-0.2, 0) is 6.42 Å². The number of amides is 1. The molecular weight excluding hydrogens is 260 g/mol. The monoisotopic (exact) mass is 288 g/mol. The van der Waals surface area contributed by atoms with E-state index in [0.29, 0.717) is 12.5 Å². The van der Waals surface area contributed by atoms with Gasteiger partial charge >= 0.3 is 0 Å². The van der Waals surface area contributed by atoms with Crippen molar-refractivity contribution in [1.29, 1.82) is 0 Å². The molecule has 0 spiro atoms. The van der Waals surface area contributed by atoms with Crippen LogP contribution in [0, 0.1) is 11.8 Å². The van der Waals surface area contributed by atoms with Crippen LogP contribution in [0.1, 0.15) is 54.9 Å². The van der Waals surface area contributed by atoms with Crippen LogP contribution in [0.15, 0.2) is 24.3 Å². The molecule has 2 rings (SSSR count).